The van der Waals surface area contributed by atoms with Gasteiger partial charge in [-0.15, -0.1) is 0 Å². The second-order valence-electron chi connectivity index (χ2n) is 5.28. The Morgan fingerprint density at radius 2 is 2.00 bits per heavy atom. The van der Waals surface area contributed by atoms with E-state index in [0.717, 1.165) is 38.1 Å². The summed E-state index contributed by atoms with van der Waals surface area (Å²) in [6.07, 6.45) is 2.73. The largest absolute Gasteiger partial charge is 0.378 e. The van der Waals surface area contributed by atoms with Crippen molar-refractivity contribution < 1.29 is 9.53 Å². The van der Waals surface area contributed by atoms with Gasteiger partial charge >= 0.3 is 0 Å². The SMILES string of the molecule is CCOC1CCN(C(=O)C(N)Cc2ccccc2)CC1. The zero-order valence-corrected chi connectivity index (χ0v) is 12.1. The Balaban J connectivity index is 1.82. The van der Waals surface area contributed by atoms with Crippen LogP contribution in [0.3, 0.4) is 0 Å². The Morgan fingerprint density at radius 3 is 2.60 bits per heavy atom. The average molecular weight is 276 g/mol. The molecule has 1 saturated heterocycles. The van der Waals surface area contributed by atoms with Crippen molar-refractivity contribution in [2.75, 3.05) is 19.7 Å². The number of rotatable bonds is 5. The van der Waals surface area contributed by atoms with Crippen molar-refractivity contribution in [3.8, 4) is 0 Å². The van der Waals surface area contributed by atoms with Crippen LogP contribution in [0.1, 0.15) is 25.3 Å². The molecular formula is C16H24N2O2. The molecule has 2 rings (SSSR count). The molecular weight excluding hydrogens is 252 g/mol. The molecule has 1 unspecified atom stereocenters. The minimum Gasteiger partial charge on any atom is -0.378 e. The number of carbonyl (C=O) groups is 1. The minimum absolute atomic E-state index is 0.0591. The van der Waals surface area contributed by atoms with Gasteiger partial charge in [-0.3, -0.25) is 4.79 Å². The number of hydrogen-bond donors (Lipinski definition) is 1. The monoisotopic (exact) mass is 276 g/mol. The number of ether oxygens (including phenoxy) is 1. The van der Waals surface area contributed by atoms with Crippen LogP contribution in [0.2, 0.25) is 0 Å². The molecule has 1 aromatic carbocycles. The van der Waals surface area contributed by atoms with E-state index in [-0.39, 0.29) is 5.91 Å². The van der Waals surface area contributed by atoms with Gasteiger partial charge in [0.2, 0.25) is 5.91 Å². The molecule has 1 aliphatic heterocycles. The van der Waals surface area contributed by atoms with E-state index in [1.807, 2.05) is 42.2 Å². The highest BCUT2D eigenvalue weighted by molar-refractivity contribution is 5.82. The third-order valence-corrected chi connectivity index (χ3v) is 3.77. The van der Waals surface area contributed by atoms with Crippen LogP contribution >= 0.6 is 0 Å². The van der Waals surface area contributed by atoms with Gasteiger partial charge in [-0.05, 0) is 31.7 Å². The van der Waals surface area contributed by atoms with Gasteiger partial charge in [0.25, 0.3) is 0 Å². The van der Waals surface area contributed by atoms with Gasteiger partial charge < -0.3 is 15.4 Å². The lowest BCUT2D eigenvalue weighted by atomic mass is 10.0. The molecule has 1 fully saturated rings. The van der Waals surface area contributed by atoms with Crippen molar-refractivity contribution in [2.24, 2.45) is 5.73 Å². The number of nitrogens with zero attached hydrogens (tertiary/aromatic N) is 1. The fraction of sp³-hybridized carbons (Fsp3) is 0.562. The number of hydrogen-bond acceptors (Lipinski definition) is 3. The average Bonchev–Trinajstić information content (AvgIpc) is 2.48. The highest BCUT2D eigenvalue weighted by atomic mass is 16.5. The van der Waals surface area contributed by atoms with Crippen LogP contribution in [0.15, 0.2) is 30.3 Å². The first-order valence-electron chi connectivity index (χ1n) is 7.40. The van der Waals surface area contributed by atoms with E-state index < -0.39 is 6.04 Å². The highest BCUT2D eigenvalue weighted by Crippen LogP contribution is 2.15. The molecule has 0 radical (unpaired) electrons. The Labute approximate surface area is 120 Å². The maximum absolute atomic E-state index is 12.3. The summed E-state index contributed by atoms with van der Waals surface area (Å²) in [5.74, 6) is 0.0591. The van der Waals surface area contributed by atoms with Crippen LogP contribution in [0, 0.1) is 0 Å². The third-order valence-electron chi connectivity index (χ3n) is 3.77. The summed E-state index contributed by atoms with van der Waals surface area (Å²) in [6, 6.07) is 9.49. The maximum Gasteiger partial charge on any atom is 0.239 e. The van der Waals surface area contributed by atoms with Gasteiger partial charge in [-0.1, -0.05) is 30.3 Å². The number of nitrogens with two attached hydrogens (primary N) is 1. The molecule has 1 aromatic rings. The van der Waals surface area contributed by atoms with Crippen molar-refractivity contribution in [3.05, 3.63) is 35.9 Å². The molecule has 1 atom stereocenters. The fourth-order valence-electron chi connectivity index (χ4n) is 2.67. The lowest BCUT2D eigenvalue weighted by Crippen LogP contribution is -2.49. The first-order valence-corrected chi connectivity index (χ1v) is 7.40. The molecule has 0 aromatic heterocycles. The Morgan fingerprint density at radius 1 is 1.35 bits per heavy atom. The van der Waals surface area contributed by atoms with E-state index in [2.05, 4.69) is 0 Å². The summed E-state index contributed by atoms with van der Waals surface area (Å²) in [6.45, 7) is 4.26. The summed E-state index contributed by atoms with van der Waals surface area (Å²) in [5.41, 5.74) is 7.16. The van der Waals surface area contributed by atoms with Crippen molar-refractivity contribution in [1.29, 1.82) is 0 Å². The maximum atomic E-state index is 12.3. The predicted molar refractivity (Wildman–Crippen MR) is 79.3 cm³/mol. The molecule has 0 aliphatic carbocycles. The lowest BCUT2D eigenvalue weighted by Gasteiger charge is -2.33. The minimum atomic E-state index is -0.443. The van der Waals surface area contributed by atoms with Crippen molar-refractivity contribution in [3.63, 3.8) is 0 Å². The number of piperidine rings is 1. The highest BCUT2D eigenvalue weighted by Gasteiger charge is 2.26. The molecule has 4 nitrogen and oxygen atoms in total. The summed E-state index contributed by atoms with van der Waals surface area (Å²) in [5, 5.41) is 0. The molecule has 0 spiro atoms. The molecule has 1 amide bonds. The molecule has 20 heavy (non-hydrogen) atoms. The van der Waals surface area contributed by atoms with E-state index in [1.165, 1.54) is 0 Å². The fourth-order valence-corrected chi connectivity index (χ4v) is 2.67. The van der Waals surface area contributed by atoms with E-state index in [1.54, 1.807) is 0 Å². The first kappa shape index (κ1) is 15.0. The summed E-state index contributed by atoms with van der Waals surface area (Å²) in [7, 11) is 0. The molecule has 4 heteroatoms. The lowest BCUT2D eigenvalue weighted by molar-refractivity contribution is -0.135. The third kappa shape index (κ3) is 4.05. The predicted octanol–water partition coefficient (Wildman–Crippen LogP) is 1.58. The summed E-state index contributed by atoms with van der Waals surface area (Å²) in [4.78, 5) is 14.2. The van der Waals surface area contributed by atoms with Gasteiger partial charge in [-0.2, -0.15) is 0 Å². The Hall–Kier alpha value is -1.39. The standard InChI is InChI=1S/C16H24N2O2/c1-2-20-14-8-10-18(11-9-14)16(19)15(17)12-13-6-4-3-5-7-13/h3-7,14-15H,2,8-12,17H2,1H3. The summed E-state index contributed by atoms with van der Waals surface area (Å²) >= 11 is 0. The number of amides is 1. The van der Waals surface area contributed by atoms with Crippen LogP contribution in [0.4, 0.5) is 0 Å². The van der Waals surface area contributed by atoms with Gasteiger partial charge in [0, 0.05) is 19.7 Å². The van der Waals surface area contributed by atoms with Crippen molar-refractivity contribution in [1.82, 2.24) is 4.90 Å². The van der Waals surface area contributed by atoms with E-state index in [9.17, 15) is 4.79 Å². The van der Waals surface area contributed by atoms with Gasteiger partial charge in [-0.25, -0.2) is 0 Å². The topological polar surface area (TPSA) is 55.6 Å². The molecule has 0 bridgehead atoms. The van der Waals surface area contributed by atoms with Gasteiger partial charge in [0.05, 0.1) is 12.1 Å². The quantitative estimate of drug-likeness (QED) is 0.888. The van der Waals surface area contributed by atoms with Crippen LogP contribution in [-0.2, 0) is 16.0 Å². The van der Waals surface area contributed by atoms with Crippen LogP contribution in [0.5, 0.6) is 0 Å². The smallest absolute Gasteiger partial charge is 0.239 e. The van der Waals surface area contributed by atoms with Crippen LogP contribution < -0.4 is 5.73 Å². The molecule has 1 aliphatic rings. The molecule has 1 heterocycles. The van der Waals surface area contributed by atoms with Gasteiger partial charge in [0.1, 0.15) is 0 Å². The summed E-state index contributed by atoms with van der Waals surface area (Å²) < 4.78 is 5.60. The Bertz CT molecular complexity index is 414. The van der Waals surface area contributed by atoms with E-state index in [4.69, 9.17) is 10.5 Å². The zero-order chi connectivity index (χ0) is 14.4. The first-order chi connectivity index (χ1) is 9.70. The van der Waals surface area contributed by atoms with Gasteiger partial charge in [0.15, 0.2) is 0 Å². The Kier molecular flexibility index (Phi) is 5.56. The molecule has 2 N–H and O–H groups in total. The van der Waals surface area contributed by atoms with E-state index >= 15 is 0 Å². The zero-order valence-electron chi connectivity index (χ0n) is 12.1. The normalized spacial score (nSPS) is 18.0. The number of likely N-dealkylation sites (tertiary alicyclic amines) is 1. The van der Waals surface area contributed by atoms with Crippen molar-refractivity contribution >= 4 is 5.91 Å². The second kappa shape index (κ2) is 7.41. The van der Waals surface area contributed by atoms with Crippen LogP contribution in [0.25, 0.3) is 0 Å². The molecule has 110 valence electrons. The number of benzene rings is 1. The second-order valence-corrected chi connectivity index (χ2v) is 5.28. The van der Waals surface area contributed by atoms with Crippen molar-refractivity contribution in [2.45, 2.75) is 38.3 Å². The van der Waals surface area contributed by atoms with E-state index in [0.29, 0.717) is 12.5 Å². The van der Waals surface area contributed by atoms with Crippen LogP contribution in [-0.4, -0.2) is 42.6 Å². The molecule has 0 saturated carbocycles. The number of carbonyl (C=O) groups excluding carboxylic acids is 1.